The van der Waals surface area contributed by atoms with Gasteiger partial charge in [0.05, 0.1) is 0 Å². The lowest BCUT2D eigenvalue weighted by atomic mass is 10.0. The SMILES string of the molecule is Cc1ccc(C)c(OCC(=O)NCC2CNC2)c1. The lowest BCUT2D eigenvalue weighted by Crippen LogP contribution is -2.48. The molecule has 2 rings (SSSR count). The Bertz CT molecular complexity index is 428. The summed E-state index contributed by atoms with van der Waals surface area (Å²) in [5.41, 5.74) is 2.19. The van der Waals surface area contributed by atoms with Crippen molar-refractivity contribution in [1.29, 1.82) is 0 Å². The van der Waals surface area contributed by atoms with Crippen molar-refractivity contribution in [3.63, 3.8) is 0 Å². The number of carbonyl (C=O) groups excluding carboxylic acids is 1. The Morgan fingerprint density at radius 1 is 1.44 bits per heavy atom. The summed E-state index contributed by atoms with van der Waals surface area (Å²) in [4.78, 5) is 11.6. The molecule has 1 aliphatic heterocycles. The van der Waals surface area contributed by atoms with E-state index in [0.717, 1.165) is 36.5 Å². The molecule has 2 N–H and O–H groups in total. The third-order valence-corrected chi connectivity index (χ3v) is 3.16. The Morgan fingerprint density at radius 2 is 2.22 bits per heavy atom. The number of carbonyl (C=O) groups is 1. The molecule has 1 heterocycles. The first-order valence-corrected chi connectivity index (χ1v) is 6.32. The van der Waals surface area contributed by atoms with E-state index < -0.39 is 0 Å². The molecule has 0 aromatic heterocycles. The van der Waals surface area contributed by atoms with Gasteiger partial charge >= 0.3 is 0 Å². The molecule has 1 aromatic carbocycles. The number of benzene rings is 1. The molecule has 1 amide bonds. The van der Waals surface area contributed by atoms with Crippen LogP contribution in [0, 0.1) is 19.8 Å². The normalized spacial score (nSPS) is 15.0. The summed E-state index contributed by atoms with van der Waals surface area (Å²) < 4.78 is 5.54. The first kappa shape index (κ1) is 12.9. The number of aryl methyl sites for hydroxylation is 2. The second-order valence-electron chi connectivity index (χ2n) is 4.89. The number of ether oxygens (including phenoxy) is 1. The van der Waals surface area contributed by atoms with Crippen LogP contribution < -0.4 is 15.4 Å². The molecule has 4 heteroatoms. The molecule has 0 radical (unpaired) electrons. The Balaban J connectivity index is 1.75. The van der Waals surface area contributed by atoms with Crippen molar-refractivity contribution in [3.8, 4) is 5.75 Å². The Labute approximate surface area is 108 Å². The van der Waals surface area contributed by atoms with Crippen molar-refractivity contribution in [2.75, 3.05) is 26.2 Å². The molecule has 0 aliphatic carbocycles. The van der Waals surface area contributed by atoms with Crippen LogP contribution in [0.25, 0.3) is 0 Å². The number of nitrogens with one attached hydrogen (secondary N) is 2. The molecule has 0 unspecified atom stereocenters. The van der Waals surface area contributed by atoms with Crippen molar-refractivity contribution < 1.29 is 9.53 Å². The zero-order valence-corrected chi connectivity index (χ0v) is 11.0. The van der Waals surface area contributed by atoms with Gasteiger partial charge in [-0.2, -0.15) is 0 Å². The van der Waals surface area contributed by atoms with Gasteiger partial charge in [0.15, 0.2) is 6.61 Å². The van der Waals surface area contributed by atoms with Gasteiger partial charge in [0.25, 0.3) is 5.91 Å². The van der Waals surface area contributed by atoms with E-state index in [4.69, 9.17) is 4.74 Å². The summed E-state index contributed by atoms with van der Waals surface area (Å²) in [7, 11) is 0. The second kappa shape index (κ2) is 5.87. The minimum atomic E-state index is -0.0530. The highest BCUT2D eigenvalue weighted by Crippen LogP contribution is 2.18. The van der Waals surface area contributed by atoms with Crippen LogP contribution in [0.3, 0.4) is 0 Å². The third kappa shape index (κ3) is 3.47. The standard InChI is InChI=1S/C14H20N2O2/c1-10-3-4-11(2)13(5-10)18-9-14(17)16-8-12-6-15-7-12/h3-5,12,15H,6-9H2,1-2H3,(H,16,17). The number of rotatable bonds is 5. The van der Waals surface area contributed by atoms with Crippen molar-refractivity contribution in [2.45, 2.75) is 13.8 Å². The molecule has 98 valence electrons. The van der Waals surface area contributed by atoms with Gasteiger partial charge < -0.3 is 15.4 Å². The van der Waals surface area contributed by atoms with Crippen molar-refractivity contribution in [3.05, 3.63) is 29.3 Å². The van der Waals surface area contributed by atoms with Gasteiger partial charge in [-0.25, -0.2) is 0 Å². The van der Waals surface area contributed by atoms with Crippen LogP contribution in [0.4, 0.5) is 0 Å². The average molecular weight is 248 g/mol. The summed E-state index contributed by atoms with van der Waals surface area (Å²) in [6.07, 6.45) is 0. The van der Waals surface area contributed by atoms with Crippen LogP contribution in [0.15, 0.2) is 18.2 Å². The van der Waals surface area contributed by atoms with Gasteiger partial charge in [0.1, 0.15) is 5.75 Å². The molecule has 18 heavy (non-hydrogen) atoms. The molecular weight excluding hydrogens is 228 g/mol. The Morgan fingerprint density at radius 3 is 2.89 bits per heavy atom. The van der Waals surface area contributed by atoms with Crippen LogP contribution in [-0.2, 0) is 4.79 Å². The predicted octanol–water partition coefficient (Wildman–Crippen LogP) is 1.02. The van der Waals surface area contributed by atoms with Crippen molar-refractivity contribution in [1.82, 2.24) is 10.6 Å². The molecular formula is C14H20N2O2. The van der Waals surface area contributed by atoms with E-state index in [9.17, 15) is 4.79 Å². The number of hydrogen-bond acceptors (Lipinski definition) is 3. The quantitative estimate of drug-likeness (QED) is 0.818. The summed E-state index contributed by atoms with van der Waals surface area (Å²) in [5.74, 6) is 1.31. The molecule has 0 bridgehead atoms. The molecule has 0 atom stereocenters. The smallest absolute Gasteiger partial charge is 0.257 e. The Hall–Kier alpha value is -1.55. The number of hydrogen-bond donors (Lipinski definition) is 2. The number of amides is 1. The first-order valence-electron chi connectivity index (χ1n) is 6.32. The fraction of sp³-hybridized carbons (Fsp3) is 0.500. The van der Waals surface area contributed by atoms with E-state index in [1.165, 1.54) is 0 Å². The van der Waals surface area contributed by atoms with Crippen LogP contribution in [0.5, 0.6) is 5.75 Å². The fourth-order valence-corrected chi connectivity index (χ4v) is 1.81. The van der Waals surface area contributed by atoms with E-state index in [-0.39, 0.29) is 12.5 Å². The van der Waals surface area contributed by atoms with Gasteiger partial charge in [-0.05, 0) is 31.0 Å². The summed E-state index contributed by atoms with van der Waals surface area (Å²) >= 11 is 0. The van der Waals surface area contributed by atoms with E-state index in [0.29, 0.717) is 5.92 Å². The van der Waals surface area contributed by atoms with Gasteiger partial charge in [-0.3, -0.25) is 4.79 Å². The fourth-order valence-electron chi connectivity index (χ4n) is 1.81. The minimum absolute atomic E-state index is 0.0530. The first-order chi connectivity index (χ1) is 8.65. The van der Waals surface area contributed by atoms with Gasteiger partial charge in [0, 0.05) is 25.6 Å². The lowest BCUT2D eigenvalue weighted by molar-refractivity contribution is -0.123. The molecule has 0 spiro atoms. The van der Waals surface area contributed by atoms with Gasteiger partial charge in [0.2, 0.25) is 0 Å². The molecule has 1 aromatic rings. The van der Waals surface area contributed by atoms with Gasteiger partial charge in [-0.15, -0.1) is 0 Å². The maximum absolute atomic E-state index is 11.6. The molecule has 4 nitrogen and oxygen atoms in total. The highest BCUT2D eigenvalue weighted by atomic mass is 16.5. The van der Waals surface area contributed by atoms with E-state index in [2.05, 4.69) is 10.6 Å². The van der Waals surface area contributed by atoms with Crippen molar-refractivity contribution in [2.24, 2.45) is 5.92 Å². The minimum Gasteiger partial charge on any atom is -0.483 e. The van der Waals surface area contributed by atoms with Crippen LogP contribution in [0.2, 0.25) is 0 Å². The largest absolute Gasteiger partial charge is 0.483 e. The summed E-state index contributed by atoms with van der Waals surface area (Å²) in [6.45, 7) is 6.81. The molecule has 1 aliphatic rings. The highest BCUT2D eigenvalue weighted by Gasteiger charge is 2.17. The zero-order chi connectivity index (χ0) is 13.0. The summed E-state index contributed by atoms with van der Waals surface area (Å²) in [6, 6.07) is 5.99. The lowest BCUT2D eigenvalue weighted by Gasteiger charge is -2.27. The van der Waals surface area contributed by atoms with Crippen LogP contribution >= 0.6 is 0 Å². The summed E-state index contributed by atoms with van der Waals surface area (Å²) in [5, 5.41) is 6.06. The second-order valence-corrected chi connectivity index (χ2v) is 4.89. The third-order valence-electron chi connectivity index (χ3n) is 3.16. The van der Waals surface area contributed by atoms with Gasteiger partial charge in [-0.1, -0.05) is 12.1 Å². The van der Waals surface area contributed by atoms with E-state index in [1.54, 1.807) is 0 Å². The predicted molar refractivity (Wildman–Crippen MR) is 70.8 cm³/mol. The van der Waals surface area contributed by atoms with Crippen LogP contribution in [-0.4, -0.2) is 32.1 Å². The molecule has 0 saturated carbocycles. The van der Waals surface area contributed by atoms with E-state index >= 15 is 0 Å². The average Bonchev–Trinajstić information content (AvgIpc) is 2.28. The topological polar surface area (TPSA) is 50.4 Å². The Kier molecular flexibility index (Phi) is 4.20. The molecule has 1 fully saturated rings. The zero-order valence-electron chi connectivity index (χ0n) is 11.0. The molecule has 1 saturated heterocycles. The maximum Gasteiger partial charge on any atom is 0.257 e. The van der Waals surface area contributed by atoms with E-state index in [1.807, 2.05) is 32.0 Å². The monoisotopic (exact) mass is 248 g/mol. The maximum atomic E-state index is 11.6. The van der Waals surface area contributed by atoms with Crippen LogP contribution in [0.1, 0.15) is 11.1 Å². The highest BCUT2D eigenvalue weighted by molar-refractivity contribution is 5.77. The van der Waals surface area contributed by atoms with Crippen molar-refractivity contribution >= 4 is 5.91 Å².